The van der Waals surface area contributed by atoms with Crippen LogP contribution in [0.5, 0.6) is 5.75 Å². The average Bonchev–Trinajstić information content (AvgIpc) is 2.06. The van der Waals surface area contributed by atoms with E-state index in [4.69, 9.17) is 46.4 Å². The van der Waals surface area contributed by atoms with Crippen LogP contribution in [0.4, 0.5) is 5.69 Å². The zero-order valence-corrected chi connectivity index (χ0v) is 9.92. The summed E-state index contributed by atoms with van der Waals surface area (Å²) in [6.45, 7) is 0.152. The van der Waals surface area contributed by atoms with Gasteiger partial charge in [0.1, 0.15) is 5.75 Å². The fourth-order valence-electron chi connectivity index (χ4n) is 0.825. The summed E-state index contributed by atoms with van der Waals surface area (Å²) in [5.74, 6) is -0.0130. The van der Waals surface area contributed by atoms with E-state index in [1.165, 1.54) is 6.07 Å². The van der Waals surface area contributed by atoms with Crippen molar-refractivity contribution in [3.05, 3.63) is 23.2 Å². The Morgan fingerprint density at radius 2 is 1.93 bits per heavy atom. The van der Waals surface area contributed by atoms with Crippen LogP contribution >= 0.6 is 46.4 Å². The molecule has 0 spiro atoms. The largest absolute Gasteiger partial charge is 0.506 e. The summed E-state index contributed by atoms with van der Waals surface area (Å²) in [6, 6.07) is 4.69. The summed E-state index contributed by atoms with van der Waals surface area (Å²) >= 11 is 22.2. The molecular weight excluding hydrogens is 268 g/mol. The number of phenolic OH excluding ortho intramolecular Hbond substituents is 1. The molecule has 0 heterocycles. The number of phenols is 1. The fourth-order valence-corrected chi connectivity index (χ4v) is 1.14. The van der Waals surface area contributed by atoms with E-state index in [2.05, 4.69) is 5.32 Å². The molecule has 1 aromatic rings. The van der Waals surface area contributed by atoms with Gasteiger partial charge in [0.15, 0.2) is 0 Å². The van der Waals surface area contributed by atoms with E-state index in [0.717, 1.165) is 0 Å². The van der Waals surface area contributed by atoms with Crippen molar-refractivity contribution in [1.29, 1.82) is 0 Å². The Kier molecular flexibility index (Phi) is 4.02. The van der Waals surface area contributed by atoms with Crippen molar-refractivity contribution < 1.29 is 5.11 Å². The van der Waals surface area contributed by atoms with Gasteiger partial charge in [-0.15, -0.1) is 0 Å². The van der Waals surface area contributed by atoms with Crippen molar-refractivity contribution in [3.63, 3.8) is 0 Å². The molecule has 0 unspecified atom stereocenters. The lowest BCUT2D eigenvalue weighted by Gasteiger charge is -2.13. The minimum Gasteiger partial charge on any atom is -0.506 e. The zero-order valence-electron chi connectivity index (χ0n) is 6.90. The maximum absolute atomic E-state index is 9.26. The molecule has 6 heteroatoms. The molecule has 2 N–H and O–H groups in total. The number of hydrogen-bond acceptors (Lipinski definition) is 2. The van der Waals surface area contributed by atoms with E-state index in [0.29, 0.717) is 5.69 Å². The average molecular weight is 275 g/mol. The first-order valence-corrected chi connectivity index (χ1v) is 5.19. The van der Waals surface area contributed by atoms with Crippen molar-refractivity contribution in [3.8, 4) is 5.75 Å². The zero-order chi connectivity index (χ0) is 10.8. The number of hydrogen-bond donors (Lipinski definition) is 2. The maximum Gasteiger partial charge on any atom is 0.207 e. The highest BCUT2D eigenvalue weighted by atomic mass is 35.6. The van der Waals surface area contributed by atoms with E-state index in [-0.39, 0.29) is 17.3 Å². The van der Waals surface area contributed by atoms with E-state index in [1.807, 2.05) is 0 Å². The molecule has 1 aromatic carbocycles. The van der Waals surface area contributed by atoms with E-state index in [1.54, 1.807) is 12.1 Å². The molecule has 0 fully saturated rings. The summed E-state index contributed by atoms with van der Waals surface area (Å²) in [6.07, 6.45) is 0. The van der Waals surface area contributed by atoms with Crippen LogP contribution < -0.4 is 5.32 Å². The van der Waals surface area contributed by atoms with Crippen molar-refractivity contribution in [1.82, 2.24) is 0 Å². The number of nitrogens with one attached hydrogen (secondary N) is 1. The highest BCUT2D eigenvalue weighted by Crippen LogP contribution is 2.29. The number of alkyl halides is 3. The van der Waals surface area contributed by atoms with Crippen molar-refractivity contribution >= 4 is 52.1 Å². The number of rotatable bonds is 2. The van der Waals surface area contributed by atoms with Gasteiger partial charge < -0.3 is 10.4 Å². The molecule has 0 bridgehead atoms. The van der Waals surface area contributed by atoms with Gasteiger partial charge in [0.25, 0.3) is 0 Å². The molecule has 0 radical (unpaired) electrons. The summed E-state index contributed by atoms with van der Waals surface area (Å²) in [5, 5.41) is 12.4. The molecule has 0 saturated carbocycles. The van der Waals surface area contributed by atoms with Gasteiger partial charge in [0.2, 0.25) is 3.79 Å². The van der Waals surface area contributed by atoms with E-state index in [9.17, 15) is 5.11 Å². The second-order valence-electron chi connectivity index (χ2n) is 2.63. The quantitative estimate of drug-likeness (QED) is 0.804. The van der Waals surface area contributed by atoms with Gasteiger partial charge in [-0.05, 0) is 12.1 Å². The lowest BCUT2D eigenvalue weighted by molar-refractivity contribution is 0.476. The van der Waals surface area contributed by atoms with Gasteiger partial charge >= 0.3 is 0 Å². The standard InChI is InChI=1S/C8H7Cl4NO/c9-6-2-1-5(3-7(6)14)13-4-8(10,11)12/h1-3,13-14H,4H2. The summed E-state index contributed by atoms with van der Waals surface area (Å²) < 4.78 is -1.37. The second-order valence-corrected chi connectivity index (χ2v) is 5.56. The highest BCUT2D eigenvalue weighted by Gasteiger charge is 2.18. The van der Waals surface area contributed by atoms with Crippen molar-refractivity contribution in [2.45, 2.75) is 3.79 Å². The van der Waals surface area contributed by atoms with Gasteiger partial charge in [-0.3, -0.25) is 0 Å². The summed E-state index contributed by atoms with van der Waals surface area (Å²) in [4.78, 5) is 0. The highest BCUT2D eigenvalue weighted by molar-refractivity contribution is 6.67. The lowest BCUT2D eigenvalue weighted by atomic mass is 10.3. The minimum absolute atomic E-state index is 0.0130. The normalized spacial score (nSPS) is 11.4. The molecule has 2 nitrogen and oxygen atoms in total. The summed E-state index contributed by atoms with van der Waals surface area (Å²) in [5.41, 5.74) is 0.637. The molecule has 78 valence electrons. The molecule has 1 rings (SSSR count). The smallest absolute Gasteiger partial charge is 0.207 e. The van der Waals surface area contributed by atoms with Crippen LogP contribution in [0.1, 0.15) is 0 Å². The molecular formula is C8H7Cl4NO. The topological polar surface area (TPSA) is 32.3 Å². The first-order chi connectivity index (χ1) is 6.38. The Labute approximate surface area is 102 Å². The SMILES string of the molecule is Oc1cc(NCC(Cl)(Cl)Cl)ccc1Cl. The van der Waals surface area contributed by atoms with Gasteiger partial charge in [-0.1, -0.05) is 46.4 Å². The Morgan fingerprint density at radius 3 is 2.43 bits per heavy atom. The monoisotopic (exact) mass is 273 g/mol. The number of benzene rings is 1. The predicted octanol–water partition coefficient (Wildman–Crippen LogP) is 3.83. The van der Waals surface area contributed by atoms with Gasteiger partial charge in [-0.2, -0.15) is 0 Å². The van der Waals surface area contributed by atoms with Crippen LogP contribution in [0.25, 0.3) is 0 Å². The summed E-state index contributed by atoms with van der Waals surface area (Å²) in [7, 11) is 0. The van der Waals surface area contributed by atoms with Crippen LogP contribution in [-0.4, -0.2) is 15.4 Å². The fraction of sp³-hybridized carbons (Fsp3) is 0.250. The third-order valence-corrected chi connectivity index (χ3v) is 2.16. The molecule has 0 aliphatic heterocycles. The maximum atomic E-state index is 9.26. The molecule has 0 aliphatic rings. The third kappa shape index (κ3) is 4.01. The first-order valence-electron chi connectivity index (χ1n) is 3.67. The number of anilines is 1. The Bertz CT molecular complexity index is 324. The Hall–Kier alpha value is -0.0200. The first kappa shape index (κ1) is 12.1. The minimum atomic E-state index is -1.37. The van der Waals surface area contributed by atoms with Crippen LogP contribution in [0.3, 0.4) is 0 Å². The molecule has 0 aromatic heterocycles. The Morgan fingerprint density at radius 1 is 1.29 bits per heavy atom. The van der Waals surface area contributed by atoms with Gasteiger partial charge in [-0.25, -0.2) is 0 Å². The molecule has 0 saturated heterocycles. The van der Waals surface area contributed by atoms with Gasteiger partial charge in [0, 0.05) is 11.8 Å². The van der Waals surface area contributed by atoms with Crippen LogP contribution in [0.2, 0.25) is 5.02 Å². The number of halogens is 4. The molecule has 14 heavy (non-hydrogen) atoms. The van der Waals surface area contributed by atoms with Crippen molar-refractivity contribution in [2.24, 2.45) is 0 Å². The number of aromatic hydroxyl groups is 1. The van der Waals surface area contributed by atoms with Crippen LogP contribution in [0.15, 0.2) is 18.2 Å². The van der Waals surface area contributed by atoms with Crippen LogP contribution in [0, 0.1) is 0 Å². The molecule has 0 aliphatic carbocycles. The second kappa shape index (κ2) is 4.67. The predicted molar refractivity (Wildman–Crippen MR) is 61.9 cm³/mol. The van der Waals surface area contributed by atoms with E-state index < -0.39 is 3.79 Å². The molecule has 0 amide bonds. The third-order valence-electron chi connectivity index (χ3n) is 1.44. The molecule has 0 atom stereocenters. The van der Waals surface area contributed by atoms with Gasteiger partial charge in [0.05, 0.1) is 11.6 Å². The van der Waals surface area contributed by atoms with Crippen molar-refractivity contribution in [2.75, 3.05) is 11.9 Å². The lowest BCUT2D eigenvalue weighted by Crippen LogP contribution is -2.17. The Balaban J connectivity index is 2.65. The van der Waals surface area contributed by atoms with Crippen LogP contribution in [-0.2, 0) is 0 Å². The van der Waals surface area contributed by atoms with E-state index >= 15 is 0 Å².